The zero-order chi connectivity index (χ0) is 10.9. The van der Waals surface area contributed by atoms with Gasteiger partial charge in [0.1, 0.15) is 11.6 Å². The van der Waals surface area contributed by atoms with Gasteiger partial charge in [-0.25, -0.2) is 9.97 Å². The Bertz CT molecular complexity index is 281. The Morgan fingerprint density at radius 3 is 3.07 bits per heavy atom. The van der Waals surface area contributed by atoms with E-state index in [0.717, 1.165) is 24.6 Å². The van der Waals surface area contributed by atoms with Crippen LogP contribution in [0.3, 0.4) is 0 Å². The summed E-state index contributed by atoms with van der Waals surface area (Å²) in [6.07, 6.45) is 2.62. The number of hydrogen-bond donors (Lipinski definition) is 2. The van der Waals surface area contributed by atoms with Gasteiger partial charge in [0.2, 0.25) is 0 Å². The molecular formula is C10H17N3O2. The first kappa shape index (κ1) is 11.9. The summed E-state index contributed by atoms with van der Waals surface area (Å²) in [5.41, 5.74) is 0. The van der Waals surface area contributed by atoms with Crippen LogP contribution in [0.1, 0.15) is 12.2 Å². The van der Waals surface area contributed by atoms with E-state index in [-0.39, 0.29) is 6.61 Å². The van der Waals surface area contributed by atoms with Crippen molar-refractivity contribution < 1.29 is 9.84 Å². The third kappa shape index (κ3) is 5.29. The average molecular weight is 211 g/mol. The molecule has 5 nitrogen and oxygen atoms in total. The van der Waals surface area contributed by atoms with Crippen molar-refractivity contribution in [3.63, 3.8) is 0 Å². The van der Waals surface area contributed by atoms with Gasteiger partial charge in [-0.05, 0) is 19.4 Å². The molecule has 0 amide bonds. The number of hydrogen-bond acceptors (Lipinski definition) is 5. The topological polar surface area (TPSA) is 67.3 Å². The van der Waals surface area contributed by atoms with E-state index in [4.69, 9.17) is 9.84 Å². The molecule has 2 N–H and O–H groups in total. The van der Waals surface area contributed by atoms with Crippen molar-refractivity contribution in [3.8, 4) is 0 Å². The SMILES string of the molecule is Cc1nccc(NCCCOCCO)n1. The fraction of sp³-hybridized carbons (Fsp3) is 0.600. The lowest BCUT2D eigenvalue weighted by molar-refractivity contribution is 0.0922. The summed E-state index contributed by atoms with van der Waals surface area (Å²) in [5.74, 6) is 1.60. The Morgan fingerprint density at radius 2 is 2.33 bits per heavy atom. The first-order valence-electron chi connectivity index (χ1n) is 5.05. The third-order valence-electron chi connectivity index (χ3n) is 1.78. The molecule has 0 atom stereocenters. The van der Waals surface area contributed by atoms with Crippen LogP contribution < -0.4 is 5.32 Å². The molecule has 0 aromatic carbocycles. The Hall–Kier alpha value is -1.20. The molecule has 0 fully saturated rings. The standard InChI is InChI=1S/C10H17N3O2/c1-9-11-5-3-10(13-9)12-4-2-7-15-8-6-14/h3,5,14H,2,4,6-8H2,1H3,(H,11,12,13). The van der Waals surface area contributed by atoms with Gasteiger partial charge in [-0.3, -0.25) is 0 Å². The molecule has 0 aliphatic heterocycles. The van der Waals surface area contributed by atoms with E-state index in [9.17, 15) is 0 Å². The number of aryl methyl sites for hydroxylation is 1. The van der Waals surface area contributed by atoms with Crippen LogP contribution in [0.15, 0.2) is 12.3 Å². The van der Waals surface area contributed by atoms with E-state index in [2.05, 4.69) is 15.3 Å². The third-order valence-corrected chi connectivity index (χ3v) is 1.78. The van der Waals surface area contributed by atoms with Gasteiger partial charge in [0.05, 0.1) is 13.2 Å². The van der Waals surface area contributed by atoms with Gasteiger partial charge in [0, 0.05) is 19.3 Å². The molecule has 0 radical (unpaired) electrons. The summed E-state index contributed by atoms with van der Waals surface area (Å²) >= 11 is 0. The second kappa shape index (κ2) is 7.14. The van der Waals surface area contributed by atoms with Crippen LogP contribution in [0.2, 0.25) is 0 Å². The van der Waals surface area contributed by atoms with Crippen LogP contribution in [-0.2, 0) is 4.74 Å². The molecule has 15 heavy (non-hydrogen) atoms. The maximum atomic E-state index is 8.47. The largest absolute Gasteiger partial charge is 0.394 e. The van der Waals surface area contributed by atoms with E-state index in [1.807, 2.05) is 13.0 Å². The van der Waals surface area contributed by atoms with Gasteiger partial charge in [0.25, 0.3) is 0 Å². The number of anilines is 1. The molecule has 0 saturated carbocycles. The smallest absolute Gasteiger partial charge is 0.129 e. The van der Waals surface area contributed by atoms with Gasteiger partial charge >= 0.3 is 0 Å². The maximum absolute atomic E-state index is 8.47. The van der Waals surface area contributed by atoms with Crippen LogP contribution in [0.5, 0.6) is 0 Å². The van der Waals surface area contributed by atoms with Crippen molar-refractivity contribution in [1.82, 2.24) is 9.97 Å². The molecule has 0 unspecified atom stereocenters. The molecular weight excluding hydrogens is 194 g/mol. The van der Waals surface area contributed by atoms with Gasteiger partial charge in [-0.2, -0.15) is 0 Å². The Balaban J connectivity index is 2.10. The van der Waals surface area contributed by atoms with Gasteiger partial charge < -0.3 is 15.2 Å². The molecule has 0 aliphatic carbocycles. The molecule has 1 aromatic heterocycles. The average Bonchev–Trinajstić information content (AvgIpc) is 2.23. The van der Waals surface area contributed by atoms with Crippen molar-refractivity contribution in [1.29, 1.82) is 0 Å². The lowest BCUT2D eigenvalue weighted by atomic mass is 10.4. The van der Waals surface area contributed by atoms with Crippen LogP contribution >= 0.6 is 0 Å². The van der Waals surface area contributed by atoms with Crippen molar-refractivity contribution in [3.05, 3.63) is 18.1 Å². The highest BCUT2D eigenvalue weighted by molar-refractivity contribution is 5.32. The summed E-state index contributed by atoms with van der Waals surface area (Å²) in [4.78, 5) is 8.21. The lowest BCUT2D eigenvalue weighted by Crippen LogP contribution is -2.08. The monoisotopic (exact) mass is 211 g/mol. The molecule has 0 saturated heterocycles. The molecule has 1 aromatic rings. The number of ether oxygens (including phenoxy) is 1. The predicted octanol–water partition coefficient (Wildman–Crippen LogP) is 0.596. The summed E-state index contributed by atoms with van der Waals surface area (Å²) in [6.45, 7) is 3.81. The van der Waals surface area contributed by atoms with Crippen molar-refractivity contribution in [2.24, 2.45) is 0 Å². The maximum Gasteiger partial charge on any atom is 0.129 e. The minimum Gasteiger partial charge on any atom is -0.394 e. The summed E-state index contributed by atoms with van der Waals surface area (Å²) < 4.78 is 5.12. The number of aliphatic hydroxyl groups excluding tert-OH is 1. The summed E-state index contributed by atoms with van der Waals surface area (Å²) in [6, 6.07) is 1.83. The molecule has 0 bridgehead atoms. The highest BCUT2D eigenvalue weighted by atomic mass is 16.5. The second-order valence-corrected chi connectivity index (χ2v) is 3.11. The first-order chi connectivity index (χ1) is 7.33. The number of aliphatic hydroxyl groups is 1. The second-order valence-electron chi connectivity index (χ2n) is 3.11. The zero-order valence-corrected chi connectivity index (χ0v) is 8.94. The lowest BCUT2D eigenvalue weighted by Gasteiger charge is -2.05. The minimum atomic E-state index is 0.0819. The fourth-order valence-corrected chi connectivity index (χ4v) is 1.11. The van der Waals surface area contributed by atoms with E-state index in [1.54, 1.807) is 6.20 Å². The number of aromatic nitrogens is 2. The van der Waals surface area contributed by atoms with E-state index in [1.165, 1.54) is 0 Å². The minimum absolute atomic E-state index is 0.0819. The van der Waals surface area contributed by atoms with Crippen molar-refractivity contribution >= 4 is 5.82 Å². The quantitative estimate of drug-likeness (QED) is 0.646. The molecule has 1 heterocycles. The Kier molecular flexibility index (Phi) is 5.65. The van der Waals surface area contributed by atoms with Crippen LogP contribution in [-0.4, -0.2) is 41.4 Å². The molecule has 0 aliphatic rings. The Labute approximate surface area is 89.5 Å². The van der Waals surface area contributed by atoms with Crippen molar-refractivity contribution in [2.45, 2.75) is 13.3 Å². The van der Waals surface area contributed by atoms with Crippen LogP contribution in [0.4, 0.5) is 5.82 Å². The van der Waals surface area contributed by atoms with Crippen molar-refractivity contribution in [2.75, 3.05) is 31.7 Å². The number of nitrogens with zero attached hydrogens (tertiary/aromatic N) is 2. The van der Waals surface area contributed by atoms with E-state index in [0.29, 0.717) is 13.2 Å². The highest BCUT2D eigenvalue weighted by Crippen LogP contribution is 2.00. The fourth-order valence-electron chi connectivity index (χ4n) is 1.11. The number of nitrogens with one attached hydrogen (secondary N) is 1. The van der Waals surface area contributed by atoms with Gasteiger partial charge in [0.15, 0.2) is 0 Å². The predicted molar refractivity (Wildman–Crippen MR) is 57.8 cm³/mol. The molecule has 84 valence electrons. The molecule has 0 spiro atoms. The van der Waals surface area contributed by atoms with Crippen LogP contribution in [0.25, 0.3) is 0 Å². The normalized spacial score (nSPS) is 10.3. The highest BCUT2D eigenvalue weighted by Gasteiger charge is 1.94. The molecule has 5 heteroatoms. The van der Waals surface area contributed by atoms with Crippen LogP contribution in [0, 0.1) is 6.92 Å². The van der Waals surface area contributed by atoms with Gasteiger partial charge in [-0.1, -0.05) is 0 Å². The Morgan fingerprint density at radius 1 is 1.47 bits per heavy atom. The summed E-state index contributed by atoms with van der Waals surface area (Å²) in [7, 11) is 0. The van der Waals surface area contributed by atoms with E-state index >= 15 is 0 Å². The first-order valence-corrected chi connectivity index (χ1v) is 5.05. The van der Waals surface area contributed by atoms with Gasteiger partial charge in [-0.15, -0.1) is 0 Å². The molecule has 1 rings (SSSR count). The number of rotatable bonds is 7. The van der Waals surface area contributed by atoms with E-state index < -0.39 is 0 Å². The zero-order valence-electron chi connectivity index (χ0n) is 8.94. The summed E-state index contributed by atoms with van der Waals surface area (Å²) in [5, 5.41) is 11.6.